The standard InChI is InChI=1S/C24H24N2O2/c1-18(2)21-13-10-19(11-14-21)12-15-23(27)26-24-22(9-6-16-25-24)28-17-20-7-4-3-5-8-20/h3-16,18H,17H2,1-2H3,(H,25,26,27)/b15-12+. The summed E-state index contributed by atoms with van der Waals surface area (Å²) in [7, 11) is 0. The lowest BCUT2D eigenvalue weighted by Crippen LogP contribution is -2.11. The fourth-order valence-corrected chi connectivity index (χ4v) is 2.66. The molecule has 2 aromatic carbocycles. The summed E-state index contributed by atoms with van der Waals surface area (Å²) in [5.74, 6) is 1.17. The predicted molar refractivity (Wildman–Crippen MR) is 113 cm³/mol. The highest BCUT2D eigenvalue weighted by molar-refractivity contribution is 6.02. The zero-order valence-electron chi connectivity index (χ0n) is 16.1. The molecule has 0 atom stereocenters. The molecular weight excluding hydrogens is 348 g/mol. The Balaban J connectivity index is 1.62. The van der Waals surface area contributed by atoms with Gasteiger partial charge in [-0.1, -0.05) is 68.4 Å². The van der Waals surface area contributed by atoms with E-state index in [1.165, 1.54) is 11.6 Å². The molecule has 3 aromatic rings. The van der Waals surface area contributed by atoms with Crippen LogP contribution in [-0.4, -0.2) is 10.9 Å². The SMILES string of the molecule is CC(C)c1ccc(/C=C/C(=O)Nc2ncccc2OCc2ccccc2)cc1. The Morgan fingerprint density at radius 3 is 2.50 bits per heavy atom. The molecule has 28 heavy (non-hydrogen) atoms. The molecule has 4 nitrogen and oxygen atoms in total. The van der Waals surface area contributed by atoms with Crippen LogP contribution in [0, 0.1) is 0 Å². The second-order valence-electron chi connectivity index (χ2n) is 6.77. The first-order valence-corrected chi connectivity index (χ1v) is 9.32. The van der Waals surface area contributed by atoms with Crippen LogP contribution in [-0.2, 0) is 11.4 Å². The summed E-state index contributed by atoms with van der Waals surface area (Å²) in [6, 6.07) is 21.6. The van der Waals surface area contributed by atoms with Crippen molar-refractivity contribution in [2.75, 3.05) is 5.32 Å². The van der Waals surface area contributed by atoms with E-state index in [0.29, 0.717) is 24.1 Å². The quantitative estimate of drug-likeness (QED) is 0.562. The van der Waals surface area contributed by atoms with Crippen LogP contribution in [0.15, 0.2) is 79.0 Å². The second-order valence-corrected chi connectivity index (χ2v) is 6.77. The lowest BCUT2D eigenvalue weighted by Gasteiger charge is -2.10. The van der Waals surface area contributed by atoms with Gasteiger partial charge >= 0.3 is 0 Å². The maximum absolute atomic E-state index is 12.3. The summed E-state index contributed by atoms with van der Waals surface area (Å²) in [5.41, 5.74) is 3.30. The first kappa shape index (κ1) is 19.4. The third-order valence-corrected chi connectivity index (χ3v) is 4.28. The van der Waals surface area contributed by atoms with Crippen LogP contribution in [0.1, 0.15) is 36.5 Å². The zero-order chi connectivity index (χ0) is 19.8. The molecule has 0 fully saturated rings. The number of carbonyl (C=O) groups excluding carboxylic acids is 1. The van der Waals surface area contributed by atoms with Gasteiger partial charge in [-0.2, -0.15) is 0 Å². The molecule has 1 heterocycles. The second kappa shape index (κ2) is 9.51. The van der Waals surface area contributed by atoms with Crippen molar-refractivity contribution in [2.24, 2.45) is 0 Å². The van der Waals surface area contributed by atoms with Gasteiger partial charge in [-0.25, -0.2) is 4.98 Å². The summed E-state index contributed by atoms with van der Waals surface area (Å²) < 4.78 is 5.82. The smallest absolute Gasteiger partial charge is 0.249 e. The summed E-state index contributed by atoms with van der Waals surface area (Å²) in [4.78, 5) is 16.5. The van der Waals surface area contributed by atoms with Gasteiger partial charge in [0.1, 0.15) is 6.61 Å². The van der Waals surface area contributed by atoms with Crippen LogP contribution in [0.5, 0.6) is 5.75 Å². The van der Waals surface area contributed by atoms with Gasteiger partial charge in [0.25, 0.3) is 0 Å². The van der Waals surface area contributed by atoms with E-state index in [4.69, 9.17) is 4.74 Å². The highest BCUT2D eigenvalue weighted by Gasteiger charge is 2.07. The molecule has 4 heteroatoms. The van der Waals surface area contributed by atoms with Crippen molar-refractivity contribution in [1.29, 1.82) is 0 Å². The highest BCUT2D eigenvalue weighted by atomic mass is 16.5. The van der Waals surface area contributed by atoms with Gasteiger partial charge in [-0.05, 0) is 40.8 Å². The van der Waals surface area contributed by atoms with Crippen molar-refractivity contribution in [3.05, 3.63) is 95.7 Å². The molecule has 0 saturated carbocycles. The maximum Gasteiger partial charge on any atom is 0.249 e. The lowest BCUT2D eigenvalue weighted by atomic mass is 10.0. The summed E-state index contributed by atoms with van der Waals surface area (Å²) in [5, 5.41) is 2.78. The molecule has 1 aromatic heterocycles. The largest absolute Gasteiger partial charge is 0.485 e. The van der Waals surface area contributed by atoms with Gasteiger partial charge in [0.2, 0.25) is 5.91 Å². The fraction of sp³-hybridized carbons (Fsp3) is 0.167. The number of carbonyl (C=O) groups is 1. The Kier molecular flexibility index (Phi) is 6.58. The number of nitrogens with zero attached hydrogens (tertiary/aromatic N) is 1. The maximum atomic E-state index is 12.3. The Morgan fingerprint density at radius 1 is 1.04 bits per heavy atom. The van der Waals surface area contributed by atoms with E-state index in [1.54, 1.807) is 24.4 Å². The van der Waals surface area contributed by atoms with E-state index in [0.717, 1.165) is 11.1 Å². The Bertz CT molecular complexity index is 932. The Labute approximate surface area is 165 Å². The number of ether oxygens (including phenoxy) is 1. The third-order valence-electron chi connectivity index (χ3n) is 4.28. The van der Waals surface area contributed by atoms with E-state index < -0.39 is 0 Å². The number of hydrogen-bond acceptors (Lipinski definition) is 3. The van der Waals surface area contributed by atoms with E-state index in [2.05, 4.69) is 36.3 Å². The topological polar surface area (TPSA) is 51.2 Å². The Hall–Kier alpha value is -3.40. The average molecular weight is 372 g/mol. The summed E-state index contributed by atoms with van der Waals surface area (Å²) in [6.07, 6.45) is 4.91. The van der Waals surface area contributed by atoms with Gasteiger partial charge in [0, 0.05) is 12.3 Å². The van der Waals surface area contributed by atoms with Crippen LogP contribution >= 0.6 is 0 Å². The van der Waals surface area contributed by atoms with Crippen molar-refractivity contribution < 1.29 is 9.53 Å². The number of pyridine rings is 1. The van der Waals surface area contributed by atoms with Crippen molar-refractivity contribution in [2.45, 2.75) is 26.4 Å². The van der Waals surface area contributed by atoms with Gasteiger partial charge < -0.3 is 10.1 Å². The molecule has 0 aliphatic rings. The number of aromatic nitrogens is 1. The van der Waals surface area contributed by atoms with Crippen LogP contribution in [0.25, 0.3) is 6.08 Å². The zero-order valence-corrected chi connectivity index (χ0v) is 16.1. The highest BCUT2D eigenvalue weighted by Crippen LogP contribution is 2.22. The molecule has 0 aliphatic carbocycles. The number of anilines is 1. The number of hydrogen-bond donors (Lipinski definition) is 1. The van der Waals surface area contributed by atoms with E-state index in [1.807, 2.05) is 42.5 Å². The first-order valence-electron chi connectivity index (χ1n) is 9.32. The number of benzene rings is 2. The molecule has 1 amide bonds. The fourth-order valence-electron chi connectivity index (χ4n) is 2.66. The van der Waals surface area contributed by atoms with E-state index in [-0.39, 0.29) is 5.91 Å². The molecule has 0 radical (unpaired) electrons. The number of rotatable bonds is 7. The predicted octanol–water partition coefficient (Wildman–Crippen LogP) is 5.44. The minimum atomic E-state index is -0.254. The summed E-state index contributed by atoms with van der Waals surface area (Å²) in [6.45, 7) is 4.72. The molecule has 0 spiro atoms. The first-order chi connectivity index (χ1) is 13.6. The van der Waals surface area contributed by atoms with E-state index >= 15 is 0 Å². The van der Waals surface area contributed by atoms with Crippen molar-refractivity contribution in [3.63, 3.8) is 0 Å². The molecule has 3 rings (SSSR count). The monoisotopic (exact) mass is 372 g/mol. The molecule has 0 aliphatic heterocycles. The summed E-state index contributed by atoms with van der Waals surface area (Å²) >= 11 is 0. The minimum absolute atomic E-state index is 0.254. The molecule has 142 valence electrons. The molecule has 0 unspecified atom stereocenters. The van der Waals surface area contributed by atoms with Crippen molar-refractivity contribution in [3.8, 4) is 5.75 Å². The van der Waals surface area contributed by atoms with Crippen LogP contribution < -0.4 is 10.1 Å². The Morgan fingerprint density at radius 2 is 1.79 bits per heavy atom. The molecule has 0 saturated heterocycles. The van der Waals surface area contributed by atoms with Crippen LogP contribution in [0.2, 0.25) is 0 Å². The molecule has 1 N–H and O–H groups in total. The van der Waals surface area contributed by atoms with Crippen molar-refractivity contribution >= 4 is 17.8 Å². The van der Waals surface area contributed by atoms with Gasteiger partial charge in [-0.15, -0.1) is 0 Å². The van der Waals surface area contributed by atoms with Gasteiger partial charge in [0.05, 0.1) is 0 Å². The van der Waals surface area contributed by atoms with Crippen LogP contribution in [0.3, 0.4) is 0 Å². The molecular formula is C24H24N2O2. The number of nitrogens with one attached hydrogen (secondary N) is 1. The average Bonchev–Trinajstić information content (AvgIpc) is 2.72. The lowest BCUT2D eigenvalue weighted by molar-refractivity contribution is -0.111. The van der Waals surface area contributed by atoms with Crippen LogP contribution in [0.4, 0.5) is 5.82 Å². The molecule has 0 bridgehead atoms. The normalized spacial score (nSPS) is 11.0. The van der Waals surface area contributed by atoms with Crippen molar-refractivity contribution in [1.82, 2.24) is 4.98 Å². The minimum Gasteiger partial charge on any atom is -0.485 e. The third kappa shape index (κ3) is 5.55. The van der Waals surface area contributed by atoms with E-state index in [9.17, 15) is 4.79 Å². The number of amides is 1. The van der Waals surface area contributed by atoms with Gasteiger partial charge in [-0.3, -0.25) is 4.79 Å². The van der Waals surface area contributed by atoms with Gasteiger partial charge in [0.15, 0.2) is 11.6 Å².